The number of thioether (sulfide) groups is 1. The smallest absolute Gasteiger partial charge is 0.317 e. The van der Waals surface area contributed by atoms with Gasteiger partial charge in [0.1, 0.15) is 0 Å². The Morgan fingerprint density at radius 1 is 1.41 bits per heavy atom. The molecule has 0 unspecified atom stereocenters. The van der Waals surface area contributed by atoms with Gasteiger partial charge in [0.2, 0.25) is 0 Å². The quantitative estimate of drug-likeness (QED) is 0.850. The maximum atomic E-state index is 12.2. The molecule has 22 heavy (non-hydrogen) atoms. The summed E-state index contributed by atoms with van der Waals surface area (Å²) in [6.07, 6.45) is 0. The topological polar surface area (TPSA) is 66.5 Å². The van der Waals surface area contributed by atoms with Gasteiger partial charge in [0, 0.05) is 29.3 Å². The number of urea groups is 1. The molecule has 1 fully saturated rings. The maximum Gasteiger partial charge on any atom is 0.317 e. The Morgan fingerprint density at radius 3 is 2.73 bits per heavy atom. The third-order valence-electron chi connectivity index (χ3n) is 3.55. The van der Waals surface area contributed by atoms with Gasteiger partial charge in [-0.05, 0) is 19.1 Å². The summed E-state index contributed by atoms with van der Waals surface area (Å²) in [5.41, 5.74) is 0. The number of sulfone groups is 1. The second-order valence-electron chi connectivity index (χ2n) is 5.58. The minimum Gasteiger partial charge on any atom is -0.337 e. The van der Waals surface area contributed by atoms with Gasteiger partial charge in [-0.2, -0.15) is 0 Å². The van der Waals surface area contributed by atoms with Crippen LogP contribution in [0.25, 0.3) is 0 Å². The Kier molecular flexibility index (Phi) is 5.74. The predicted octanol–water partition coefficient (Wildman–Crippen LogP) is 2.00. The van der Waals surface area contributed by atoms with Crippen LogP contribution in [0, 0.1) is 0 Å². The Labute approximate surface area is 136 Å². The molecule has 0 bridgehead atoms. The molecule has 1 N–H and O–H groups in total. The molecule has 7 heteroatoms. The third-order valence-corrected chi connectivity index (χ3v) is 6.46. The van der Waals surface area contributed by atoms with Crippen molar-refractivity contribution in [1.29, 1.82) is 0 Å². The monoisotopic (exact) mass is 342 g/mol. The van der Waals surface area contributed by atoms with Crippen LogP contribution < -0.4 is 5.32 Å². The van der Waals surface area contributed by atoms with E-state index in [2.05, 4.69) is 12.2 Å². The van der Waals surface area contributed by atoms with Crippen molar-refractivity contribution < 1.29 is 13.2 Å². The van der Waals surface area contributed by atoms with Crippen molar-refractivity contribution in [2.75, 3.05) is 24.6 Å². The molecule has 0 saturated carbocycles. The number of carbonyl (C=O) groups is 1. The Balaban J connectivity index is 1.80. The molecule has 1 aliphatic rings. The van der Waals surface area contributed by atoms with Crippen molar-refractivity contribution in [2.45, 2.75) is 30.0 Å². The van der Waals surface area contributed by atoms with Crippen molar-refractivity contribution >= 4 is 27.6 Å². The molecule has 1 aromatic carbocycles. The summed E-state index contributed by atoms with van der Waals surface area (Å²) in [5, 5.41) is 3.15. The molecular formula is C15H22N2O3S2. The summed E-state index contributed by atoms with van der Waals surface area (Å²) >= 11 is 1.70. The standard InChI is InChI=1S/C15H22N2O3S2/c1-12-11-22(19,20)9-8-17(12)15(18)16-10-13(2)21-14-6-4-3-5-7-14/h3-7,12-13H,8-11H2,1-2H3,(H,16,18)/t12-,13+/m1/s1. The van der Waals surface area contributed by atoms with Crippen LogP contribution in [0.2, 0.25) is 0 Å². The van der Waals surface area contributed by atoms with E-state index >= 15 is 0 Å². The molecule has 0 radical (unpaired) electrons. The summed E-state index contributed by atoms with van der Waals surface area (Å²) in [5.74, 6) is 0.105. The number of carbonyl (C=O) groups excluding carboxylic acids is 1. The second-order valence-corrected chi connectivity index (χ2v) is 9.32. The molecule has 2 amide bonds. The second kappa shape index (κ2) is 7.37. The number of amides is 2. The van der Waals surface area contributed by atoms with Crippen molar-refractivity contribution in [3.63, 3.8) is 0 Å². The highest BCUT2D eigenvalue weighted by Gasteiger charge is 2.31. The Hall–Kier alpha value is -1.21. The van der Waals surface area contributed by atoms with E-state index in [1.807, 2.05) is 30.3 Å². The molecule has 5 nitrogen and oxygen atoms in total. The summed E-state index contributed by atoms with van der Waals surface area (Å²) < 4.78 is 23.1. The zero-order chi connectivity index (χ0) is 16.2. The van der Waals surface area contributed by atoms with Gasteiger partial charge in [0.15, 0.2) is 9.84 Å². The predicted molar refractivity (Wildman–Crippen MR) is 90.0 cm³/mol. The van der Waals surface area contributed by atoms with Gasteiger partial charge < -0.3 is 10.2 Å². The van der Waals surface area contributed by atoms with E-state index in [0.717, 1.165) is 0 Å². The molecule has 0 aliphatic carbocycles. The van der Waals surface area contributed by atoms with Gasteiger partial charge in [-0.15, -0.1) is 11.8 Å². The molecule has 2 rings (SSSR count). The van der Waals surface area contributed by atoms with Gasteiger partial charge in [0.25, 0.3) is 0 Å². The van der Waals surface area contributed by atoms with E-state index in [0.29, 0.717) is 6.54 Å². The molecule has 1 aromatic rings. The fraction of sp³-hybridized carbons (Fsp3) is 0.533. The number of rotatable bonds is 4. The van der Waals surface area contributed by atoms with E-state index in [9.17, 15) is 13.2 Å². The average Bonchev–Trinajstić information content (AvgIpc) is 2.45. The molecule has 0 spiro atoms. The minimum atomic E-state index is -3.00. The van der Waals surface area contributed by atoms with Crippen LogP contribution in [-0.2, 0) is 9.84 Å². The third kappa shape index (κ3) is 4.91. The number of nitrogens with zero attached hydrogens (tertiary/aromatic N) is 1. The number of hydrogen-bond acceptors (Lipinski definition) is 4. The average molecular weight is 342 g/mol. The number of benzene rings is 1. The molecule has 1 aliphatic heterocycles. The number of hydrogen-bond donors (Lipinski definition) is 1. The van der Waals surface area contributed by atoms with E-state index in [-0.39, 0.29) is 35.4 Å². The van der Waals surface area contributed by atoms with Gasteiger partial charge >= 0.3 is 6.03 Å². The van der Waals surface area contributed by atoms with Crippen molar-refractivity contribution in [3.05, 3.63) is 30.3 Å². The van der Waals surface area contributed by atoms with Gasteiger partial charge in [-0.3, -0.25) is 0 Å². The van der Waals surface area contributed by atoms with Crippen LogP contribution in [0.4, 0.5) is 4.79 Å². The summed E-state index contributed by atoms with van der Waals surface area (Å²) in [4.78, 5) is 15.0. The zero-order valence-electron chi connectivity index (χ0n) is 12.9. The van der Waals surface area contributed by atoms with Gasteiger partial charge in [0.05, 0.1) is 11.5 Å². The first-order chi connectivity index (χ1) is 10.4. The lowest BCUT2D eigenvalue weighted by Crippen LogP contribution is -2.53. The van der Waals surface area contributed by atoms with Crippen molar-refractivity contribution in [3.8, 4) is 0 Å². The van der Waals surface area contributed by atoms with E-state index in [1.165, 1.54) is 4.90 Å². The highest BCUT2D eigenvalue weighted by atomic mass is 32.2. The normalized spacial score (nSPS) is 22.1. The number of nitrogens with one attached hydrogen (secondary N) is 1. The van der Waals surface area contributed by atoms with E-state index < -0.39 is 9.84 Å². The summed E-state index contributed by atoms with van der Waals surface area (Å²) in [6, 6.07) is 9.59. The maximum absolute atomic E-state index is 12.2. The zero-order valence-corrected chi connectivity index (χ0v) is 14.5. The van der Waals surface area contributed by atoms with Crippen LogP contribution in [0.15, 0.2) is 35.2 Å². The molecule has 2 atom stereocenters. The van der Waals surface area contributed by atoms with Crippen molar-refractivity contribution in [2.24, 2.45) is 0 Å². The van der Waals surface area contributed by atoms with Gasteiger partial charge in [-0.25, -0.2) is 13.2 Å². The van der Waals surface area contributed by atoms with Crippen LogP contribution >= 0.6 is 11.8 Å². The lowest BCUT2D eigenvalue weighted by molar-refractivity contribution is 0.185. The van der Waals surface area contributed by atoms with Crippen LogP contribution in [0.3, 0.4) is 0 Å². The molecule has 1 saturated heterocycles. The lowest BCUT2D eigenvalue weighted by Gasteiger charge is -2.33. The largest absolute Gasteiger partial charge is 0.337 e. The van der Waals surface area contributed by atoms with Gasteiger partial charge in [-0.1, -0.05) is 25.1 Å². The fourth-order valence-corrected chi connectivity index (χ4v) is 4.91. The Morgan fingerprint density at radius 2 is 2.09 bits per heavy atom. The van der Waals surface area contributed by atoms with E-state index in [1.54, 1.807) is 23.6 Å². The highest BCUT2D eigenvalue weighted by Crippen LogP contribution is 2.22. The highest BCUT2D eigenvalue weighted by molar-refractivity contribution is 8.00. The summed E-state index contributed by atoms with van der Waals surface area (Å²) in [6.45, 7) is 4.66. The minimum absolute atomic E-state index is 0.0503. The first kappa shape index (κ1) is 17.1. The van der Waals surface area contributed by atoms with Crippen LogP contribution in [-0.4, -0.2) is 55.2 Å². The molecule has 1 heterocycles. The van der Waals surface area contributed by atoms with Crippen molar-refractivity contribution in [1.82, 2.24) is 10.2 Å². The Bertz CT molecular complexity index is 604. The fourth-order valence-electron chi connectivity index (χ4n) is 2.41. The SMILES string of the molecule is C[C@@H]1CS(=O)(=O)CCN1C(=O)NC[C@H](C)Sc1ccccc1. The first-order valence-corrected chi connectivity index (χ1v) is 10.0. The molecular weight excluding hydrogens is 320 g/mol. The van der Waals surface area contributed by atoms with Crippen LogP contribution in [0.5, 0.6) is 0 Å². The summed E-state index contributed by atoms with van der Waals surface area (Å²) in [7, 11) is -3.00. The molecule has 122 valence electrons. The lowest BCUT2D eigenvalue weighted by atomic mass is 10.3. The molecule has 0 aromatic heterocycles. The van der Waals surface area contributed by atoms with Crippen LogP contribution in [0.1, 0.15) is 13.8 Å². The first-order valence-electron chi connectivity index (χ1n) is 7.34. The van der Waals surface area contributed by atoms with E-state index in [4.69, 9.17) is 0 Å².